The molecule has 0 saturated carbocycles. The summed E-state index contributed by atoms with van der Waals surface area (Å²) >= 11 is 0. The van der Waals surface area contributed by atoms with Crippen molar-refractivity contribution in [3.63, 3.8) is 0 Å². The SMILES string of the molecule is [2H]c1c(C(C)OCc2ccc(F)cc2)c2cc3nc(cc4nc(cc5ccc(cc1[nH]2)[nH]5)C=C4)C=C3. The van der Waals surface area contributed by atoms with E-state index < -0.39 is 0 Å². The van der Waals surface area contributed by atoms with E-state index in [4.69, 9.17) is 11.1 Å². The zero-order chi connectivity index (χ0) is 24.6. The zero-order valence-corrected chi connectivity index (χ0v) is 19.0. The highest BCUT2D eigenvalue weighted by atomic mass is 19.1. The van der Waals surface area contributed by atoms with E-state index in [9.17, 15) is 4.39 Å². The molecule has 8 bridgehead atoms. The van der Waals surface area contributed by atoms with Gasteiger partial charge < -0.3 is 14.7 Å². The first-order chi connectivity index (χ1) is 17.5. The van der Waals surface area contributed by atoms with E-state index in [1.54, 1.807) is 12.1 Å². The van der Waals surface area contributed by atoms with Gasteiger partial charge in [-0.05, 0) is 91.4 Å². The Morgan fingerprint density at radius 3 is 2.14 bits per heavy atom. The van der Waals surface area contributed by atoms with Gasteiger partial charge >= 0.3 is 0 Å². The van der Waals surface area contributed by atoms with Crippen molar-refractivity contribution in [3.05, 3.63) is 106 Å². The Hall–Kier alpha value is -4.29. The lowest BCUT2D eigenvalue weighted by atomic mass is 10.1. The first kappa shape index (κ1) is 20.1. The van der Waals surface area contributed by atoms with E-state index in [1.807, 2.05) is 67.6 Å². The lowest BCUT2D eigenvalue weighted by molar-refractivity contribution is 0.0535. The van der Waals surface area contributed by atoms with Crippen molar-refractivity contribution in [2.24, 2.45) is 0 Å². The summed E-state index contributed by atoms with van der Waals surface area (Å²) in [5.74, 6) is -0.281. The molecule has 3 aromatic heterocycles. The predicted molar refractivity (Wildman–Crippen MR) is 138 cm³/mol. The third kappa shape index (κ3) is 4.69. The van der Waals surface area contributed by atoms with Gasteiger partial charge in [-0.3, -0.25) is 0 Å². The topological polar surface area (TPSA) is 66.6 Å². The van der Waals surface area contributed by atoms with Crippen LogP contribution < -0.4 is 0 Å². The van der Waals surface area contributed by atoms with Gasteiger partial charge in [0.15, 0.2) is 0 Å². The van der Waals surface area contributed by atoms with Crippen LogP contribution in [0.4, 0.5) is 4.39 Å². The summed E-state index contributed by atoms with van der Waals surface area (Å²) in [4.78, 5) is 16.1. The zero-order valence-electron chi connectivity index (χ0n) is 20.0. The lowest BCUT2D eigenvalue weighted by Crippen LogP contribution is -2.00. The highest BCUT2D eigenvalue weighted by Crippen LogP contribution is 2.26. The van der Waals surface area contributed by atoms with Crippen LogP contribution in [0.15, 0.2) is 66.7 Å². The molecule has 1 atom stereocenters. The molecule has 5 nitrogen and oxygen atoms in total. The quantitative estimate of drug-likeness (QED) is 0.294. The Kier molecular flexibility index (Phi) is 5.07. The maximum atomic E-state index is 13.3. The van der Waals surface area contributed by atoms with Crippen molar-refractivity contribution in [1.82, 2.24) is 19.9 Å². The van der Waals surface area contributed by atoms with Crippen LogP contribution in [-0.2, 0) is 11.3 Å². The van der Waals surface area contributed by atoms with E-state index in [-0.39, 0.29) is 11.9 Å². The molecule has 35 heavy (non-hydrogen) atoms. The summed E-state index contributed by atoms with van der Waals surface area (Å²) in [6.45, 7) is 2.23. The van der Waals surface area contributed by atoms with Gasteiger partial charge in [0, 0.05) is 27.6 Å². The smallest absolute Gasteiger partial charge is 0.123 e. The molecule has 1 aromatic carbocycles. The summed E-state index contributed by atoms with van der Waals surface area (Å²) < 4.78 is 28.3. The number of nitrogens with zero attached hydrogens (tertiary/aromatic N) is 2. The van der Waals surface area contributed by atoms with Crippen LogP contribution in [0.5, 0.6) is 0 Å². The van der Waals surface area contributed by atoms with Crippen molar-refractivity contribution in [2.45, 2.75) is 19.6 Å². The average Bonchev–Trinajstić information content (AvgIpc) is 3.64. The molecule has 0 saturated heterocycles. The fourth-order valence-corrected chi connectivity index (χ4v) is 4.17. The van der Waals surface area contributed by atoms with Crippen LogP contribution in [0, 0.1) is 5.82 Å². The molecular formula is C29H23FN4O. The molecule has 1 unspecified atom stereocenters. The Labute approximate surface area is 203 Å². The predicted octanol–water partition coefficient (Wildman–Crippen LogP) is 7.07. The molecule has 6 rings (SSSR count). The van der Waals surface area contributed by atoms with Gasteiger partial charge in [-0.1, -0.05) is 12.1 Å². The second-order valence-corrected chi connectivity index (χ2v) is 8.61. The standard InChI is InChI=1S/C29H23FN4O/c1-18(35-17-19-2-4-20(30)5-3-19)28-15-27-14-25-9-8-23(32-25)12-21-6-7-22(31-21)13-24-10-11-26(33-24)16-29(28)34-27/h2-16,18,32,34H,17H2,1H3/i15D. The Bertz CT molecular complexity index is 1680. The molecule has 2 aliphatic rings. The van der Waals surface area contributed by atoms with Gasteiger partial charge in [0.05, 0.1) is 36.9 Å². The number of aromatic amines is 2. The molecule has 2 aliphatic heterocycles. The molecule has 0 amide bonds. The Balaban J connectivity index is 1.50. The highest BCUT2D eigenvalue weighted by molar-refractivity contribution is 5.78. The first-order valence-electron chi connectivity index (χ1n) is 11.9. The molecule has 0 aliphatic carbocycles. The largest absolute Gasteiger partial charge is 0.369 e. The van der Waals surface area contributed by atoms with Crippen molar-refractivity contribution < 1.29 is 10.5 Å². The highest BCUT2D eigenvalue weighted by Gasteiger charge is 2.12. The molecule has 2 N–H and O–H groups in total. The number of halogens is 1. The normalized spacial score (nSPS) is 13.7. The van der Waals surface area contributed by atoms with Crippen LogP contribution >= 0.6 is 0 Å². The van der Waals surface area contributed by atoms with Crippen LogP contribution in [0.3, 0.4) is 0 Å². The van der Waals surface area contributed by atoms with E-state index in [0.717, 1.165) is 50.5 Å². The van der Waals surface area contributed by atoms with Crippen molar-refractivity contribution in [2.75, 3.05) is 0 Å². The van der Waals surface area contributed by atoms with Gasteiger partial charge in [0.1, 0.15) is 5.82 Å². The van der Waals surface area contributed by atoms with Crippen LogP contribution in [0.1, 0.15) is 48.3 Å². The van der Waals surface area contributed by atoms with Crippen molar-refractivity contribution >= 4 is 46.4 Å². The number of hydrogen-bond donors (Lipinski definition) is 2. The van der Waals surface area contributed by atoms with Gasteiger partial charge in [-0.15, -0.1) is 0 Å². The Morgan fingerprint density at radius 1 is 0.800 bits per heavy atom. The number of benzene rings is 1. The Morgan fingerprint density at radius 2 is 1.43 bits per heavy atom. The second-order valence-electron chi connectivity index (χ2n) is 8.61. The van der Waals surface area contributed by atoms with E-state index in [0.29, 0.717) is 18.2 Å². The van der Waals surface area contributed by atoms with Gasteiger partial charge in [-0.25, -0.2) is 14.4 Å². The molecule has 0 radical (unpaired) electrons. The van der Waals surface area contributed by atoms with Crippen LogP contribution in [0.2, 0.25) is 0 Å². The summed E-state index contributed by atoms with van der Waals surface area (Å²) in [5, 5.41) is 0. The molecule has 4 aromatic rings. The third-order valence-corrected chi connectivity index (χ3v) is 5.94. The van der Waals surface area contributed by atoms with Crippen LogP contribution in [-0.4, -0.2) is 19.9 Å². The minimum absolute atomic E-state index is 0.281. The number of aromatic nitrogens is 4. The number of nitrogens with one attached hydrogen (secondary N) is 2. The summed E-state index contributed by atoms with van der Waals surface area (Å²) in [5.41, 5.74) is 8.11. The minimum Gasteiger partial charge on any atom is -0.369 e. The molecule has 0 fully saturated rings. The fourth-order valence-electron chi connectivity index (χ4n) is 4.17. The fraction of sp³-hybridized carbons (Fsp3) is 0.103. The summed E-state index contributed by atoms with van der Waals surface area (Å²) in [6.07, 6.45) is 7.46. The number of fused-ring (bicyclic) bond motifs is 8. The third-order valence-electron chi connectivity index (χ3n) is 5.94. The first-order valence-corrected chi connectivity index (χ1v) is 11.4. The maximum absolute atomic E-state index is 13.3. The van der Waals surface area contributed by atoms with Gasteiger partial charge in [0.25, 0.3) is 0 Å². The molecule has 172 valence electrons. The molecule has 5 heterocycles. The molecule has 0 spiro atoms. The summed E-state index contributed by atoms with van der Waals surface area (Å²) in [6, 6.07) is 18.3. The number of ether oxygens (including phenoxy) is 1. The maximum Gasteiger partial charge on any atom is 0.123 e. The second kappa shape index (κ2) is 8.81. The number of rotatable bonds is 4. The average molecular weight is 464 g/mol. The minimum atomic E-state index is -0.380. The monoisotopic (exact) mass is 463 g/mol. The van der Waals surface area contributed by atoms with E-state index >= 15 is 0 Å². The van der Waals surface area contributed by atoms with Crippen molar-refractivity contribution in [3.8, 4) is 0 Å². The van der Waals surface area contributed by atoms with E-state index in [1.165, 1.54) is 12.1 Å². The van der Waals surface area contributed by atoms with Crippen LogP contribution in [0.25, 0.3) is 46.4 Å². The van der Waals surface area contributed by atoms with Crippen molar-refractivity contribution in [1.29, 1.82) is 0 Å². The lowest BCUT2D eigenvalue weighted by Gasteiger charge is -2.12. The molecular weight excluding hydrogens is 439 g/mol. The van der Waals surface area contributed by atoms with Gasteiger partial charge in [0.2, 0.25) is 0 Å². The molecule has 6 heteroatoms. The van der Waals surface area contributed by atoms with Gasteiger partial charge in [-0.2, -0.15) is 0 Å². The summed E-state index contributed by atoms with van der Waals surface area (Å²) in [7, 11) is 0. The number of hydrogen-bond acceptors (Lipinski definition) is 3. The number of H-pyrrole nitrogens is 2. The van der Waals surface area contributed by atoms with E-state index in [2.05, 4.69) is 15.0 Å².